The van der Waals surface area contributed by atoms with E-state index in [2.05, 4.69) is 5.32 Å². The van der Waals surface area contributed by atoms with Gasteiger partial charge in [0.15, 0.2) is 0 Å². The summed E-state index contributed by atoms with van der Waals surface area (Å²) in [4.78, 5) is 0. The number of likely N-dealkylation sites (N-methyl/N-ethyl adjacent to an activating group) is 1. The second-order valence-electron chi connectivity index (χ2n) is 3.75. The monoisotopic (exact) mass is 205 g/mol. The second kappa shape index (κ2) is 7.17. The minimum absolute atomic E-state index is 0.0604. The normalized spacial score (nSPS) is 17.8. The number of nitrogens with one attached hydrogen (secondary N) is 1. The molecule has 0 saturated carbocycles. The van der Waals surface area contributed by atoms with Gasteiger partial charge in [0.2, 0.25) is 0 Å². The summed E-state index contributed by atoms with van der Waals surface area (Å²) in [6.45, 7) is 7.68. The van der Waals surface area contributed by atoms with Crippen LogP contribution in [0.3, 0.4) is 0 Å². The smallest absolute Gasteiger partial charge is 0.0781 e. The van der Waals surface area contributed by atoms with E-state index in [1.807, 2.05) is 27.8 Å². The van der Waals surface area contributed by atoms with Gasteiger partial charge >= 0.3 is 0 Å². The van der Waals surface area contributed by atoms with E-state index in [0.29, 0.717) is 19.8 Å². The summed E-state index contributed by atoms with van der Waals surface area (Å²) >= 11 is 0. The van der Waals surface area contributed by atoms with Crippen molar-refractivity contribution in [1.29, 1.82) is 0 Å². The number of hydrogen-bond acceptors (Lipinski definition) is 4. The van der Waals surface area contributed by atoms with Gasteiger partial charge in [-0.25, -0.2) is 0 Å². The van der Waals surface area contributed by atoms with Crippen LogP contribution in [0.25, 0.3) is 0 Å². The van der Waals surface area contributed by atoms with Gasteiger partial charge in [0.05, 0.1) is 31.5 Å². The molecule has 0 aliphatic carbocycles. The molecule has 86 valence electrons. The highest BCUT2D eigenvalue weighted by molar-refractivity contribution is 4.80. The molecule has 4 nitrogen and oxygen atoms in total. The third-order valence-electron chi connectivity index (χ3n) is 2.20. The lowest BCUT2D eigenvalue weighted by Gasteiger charge is -2.28. The fraction of sp³-hybridized carbons (Fsp3) is 1.00. The Balaban J connectivity index is 3.68. The summed E-state index contributed by atoms with van der Waals surface area (Å²) in [5.41, 5.74) is -0.361. The molecule has 2 atom stereocenters. The maximum atomic E-state index is 9.10. The van der Waals surface area contributed by atoms with Gasteiger partial charge in [0, 0.05) is 6.61 Å². The third kappa shape index (κ3) is 5.54. The molecule has 0 amide bonds. The van der Waals surface area contributed by atoms with Crippen LogP contribution in [-0.2, 0) is 9.47 Å². The summed E-state index contributed by atoms with van der Waals surface area (Å²) in [5.74, 6) is 0. The van der Waals surface area contributed by atoms with Crippen molar-refractivity contribution in [2.24, 2.45) is 0 Å². The first-order valence-corrected chi connectivity index (χ1v) is 5.07. The van der Waals surface area contributed by atoms with Crippen molar-refractivity contribution in [2.45, 2.75) is 32.4 Å². The van der Waals surface area contributed by atoms with Crippen molar-refractivity contribution in [3.8, 4) is 0 Å². The number of aliphatic hydroxyl groups is 1. The molecule has 0 aliphatic rings. The SMILES string of the molecule is CCOCC(C)OCC(C)(CO)NC. The summed E-state index contributed by atoms with van der Waals surface area (Å²) in [7, 11) is 1.81. The van der Waals surface area contributed by atoms with Crippen LogP contribution in [0.1, 0.15) is 20.8 Å². The van der Waals surface area contributed by atoms with E-state index >= 15 is 0 Å². The number of rotatable bonds is 8. The molecule has 4 heteroatoms. The molecule has 2 N–H and O–H groups in total. The van der Waals surface area contributed by atoms with E-state index in [1.165, 1.54) is 0 Å². The minimum atomic E-state index is -0.361. The van der Waals surface area contributed by atoms with Crippen molar-refractivity contribution in [3.63, 3.8) is 0 Å². The molecule has 0 radical (unpaired) electrons. The first-order valence-electron chi connectivity index (χ1n) is 5.07. The van der Waals surface area contributed by atoms with E-state index in [0.717, 1.165) is 0 Å². The highest BCUT2D eigenvalue weighted by Crippen LogP contribution is 2.04. The lowest BCUT2D eigenvalue weighted by atomic mass is 10.1. The second-order valence-corrected chi connectivity index (χ2v) is 3.75. The van der Waals surface area contributed by atoms with Crippen LogP contribution >= 0.6 is 0 Å². The first kappa shape index (κ1) is 13.8. The molecular weight excluding hydrogens is 182 g/mol. The summed E-state index contributed by atoms with van der Waals surface area (Å²) < 4.78 is 10.8. The highest BCUT2D eigenvalue weighted by atomic mass is 16.5. The Kier molecular flexibility index (Phi) is 7.09. The van der Waals surface area contributed by atoms with E-state index < -0.39 is 0 Å². The zero-order valence-corrected chi connectivity index (χ0v) is 9.67. The van der Waals surface area contributed by atoms with E-state index in [-0.39, 0.29) is 18.2 Å². The molecule has 0 saturated heterocycles. The Morgan fingerprint density at radius 3 is 2.57 bits per heavy atom. The van der Waals surface area contributed by atoms with Crippen LogP contribution in [0, 0.1) is 0 Å². The van der Waals surface area contributed by atoms with Crippen LogP contribution in [0.5, 0.6) is 0 Å². The Bertz CT molecular complexity index is 137. The lowest BCUT2D eigenvalue weighted by Crippen LogP contribution is -2.48. The predicted molar refractivity (Wildman–Crippen MR) is 56.5 cm³/mol. The molecule has 0 fully saturated rings. The molecule has 0 heterocycles. The van der Waals surface area contributed by atoms with Gasteiger partial charge in [-0.1, -0.05) is 0 Å². The molecule has 0 bridgehead atoms. The van der Waals surface area contributed by atoms with E-state index in [4.69, 9.17) is 14.6 Å². The van der Waals surface area contributed by atoms with Crippen molar-refractivity contribution in [3.05, 3.63) is 0 Å². The van der Waals surface area contributed by atoms with Gasteiger partial charge in [0.1, 0.15) is 0 Å². The maximum absolute atomic E-state index is 9.10. The molecule has 0 spiro atoms. The standard InChI is InChI=1S/C10H23NO3/c1-5-13-6-9(2)14-8-10(3,7-12)11-4/h9,11-12H,5-8H2,1-4H3. The first-order chi connectivity index (χ1) is 6.58. The Morgan fingerprint density at radius 1 is 1.50 bits per heavy atom. The maximum Gasteiger partial charge on any atom is 0.0781 e. The quantitative estimate of drug-likeness (QED) is 0.602. The average Bonchev–Trinajstić information content (AvgIpc) is 2.23. The van der Waals surface area contributed by atoms with Crippen molar-refractivity contribution in [2.75, 3.05) is 33.5 Å². The van der Waals surface area contributed by atoms with Gasteiger partial charge in [-0.15, -0.1) is 0 Å². The van der Waals surface area contributed by atoms with Gasteiger partial charge in [-0.3, -0.25) is 0 Å². The van der Waals surface area contributed by atoms with Crippen LogP contribution in [-0.4, -0.2) is 50.2 Å². The number of ether oxygens (including phenoxy) is 2. The number of hydrogen-bond donors (Lipinski definition) is 2. The predicted octanol–water partition coefficient (Wildman–Crippen LogP) is 0.398. The topological polar surface area (TPSA) is 50.7 Å². The van der Waals surface area contributed by atoms with E-state index in [9.17, 15) is 0 Å². The average molecular weight is 205 g/mol. The van der Waals surface area contributed by atoms with Gasteiger partial charge in [0.25, 0.3) is 0 Å². The van der Waals surface area contributed by atoms with Crippen LogP contribution in [0.4, 0.5) is 0 Å². The van der Waals surface area contributed by atoms with Crippen LogP contribution < -0.4 is 5.32 Å². The molecule has 14 heavy (non-hydrogen) atoms. The fourth-order valence-corrected chi connectivity index (χ4v) is 0.855. The number of aliphatic hydroxyl groups excluding tert-OH is 1. The van der Waals surface area contributed by atoms with Crippen molar-refractivity contribution in [1.82, 2.24) is 5.32 Å². The van der Waals surface area contributed by atoms with Crippen molar-refractivity contribution < 1.29 is 14.6 Å². The molecule has 0 aromatic carbocycles. The van der Waals surface area contributed by atoms with Crippen LogP contribution in [0.2, 0.25) is 0 Å². The molecule has 0 aliphatic heterocycles. The third-order valence-corrected chi connectivity index (χ3v) is 2.20. The highest BCUT2D eigenvalue weighted by Gasteiger charge is 2.21. The summed E-state index contributed by atoms with van der Waals surface area (Å²) in [6, 6.07) is 0. The minimum Gasteiger partial charge on any atom is -0.394 e. The van der Waals surface area contributed by atoms with Gasteiger partial charge < -0.3 is 19.9 Å². The van der Waals surface area contributed by atoms with Crippen LogP contribution in [0.15, 0.2) is 0 Å². The Morgan fingerprint density at radius 2 is 2.14 bits per heavy atom. The molecule has 2 unspecified atom stereocenters. The molecular formula is C10H23NO3. The Hall–Kier alpha value is -0.160. The largest absolute Gasteiger partial charge is 0.394 e. The summed E-state index contributed by atoms with van der Waals surface area (Å²) in [5, 5.41) is 12.1. The molecule has 0 aromatic heterocycles. The van der Waals surface area contributed by atoms with Gasteiger partial charge in [-0.05, 0) is 27.8 Å². The zero-order valence-electron chi connectivity index (χ0n) is 9.67. The van der Waals surface area contributed by atoms with E-state index in [1.54, 1.807) is 0 Å². The van der Waals surface area contributed by atoms with Crippen molar-refractivity contribution >= 4 is 0 Å². The lowest BCUT2D eigenvalue weighted by molar-refractivity contribution is -0.0338. The van der Waals surface area contributed by atoms with Gasteiger partial charge in [-0.2, -0.15) is 0 Å². The summed E-state index contributed by atoms with van der Waals surface area (Å²) in [6.07, 6.45) is 0.0641. The molecule has 0 rings (SSSR count). The Labute approximate surface area is 86.6 Å². The molecule has 0 aromatic rings. The zero-order chi connectivity index (χ0) is 11.0. The fourth-order valence-electron chi connectivity index (χ4n) is 0.855.